The van der Waals surface area contributed by atoms with Crippen LogP contribution < -0.4 is 5.44 Å². The second-order valence-electron chi connectivity index (χ2n) is 4.18. The van der Waals surface area contributed by atoms with Gasteiger partial charge in [-0.3, -0.25) is 9.66 Å². The maximum Gasteiger partial charge on any atom is 0.379 e. The largest absolute Gasteiger partial charge is 0.379 e. The van der Waals surface area contributed by atoms with E-state index in [2.05, 4.69) is 16.8 Å². The monoisotopic (exact) mass is 304 g/mol. The summed E-state index contributed by atoms with van der Waals surface area (Å²) in [7, 11) is -0.728. The smallest absolute Gasteiger partial charge is 0.308 e. The summed E-state index contributed by atoms with van der Waals surface area (Å²) in [5, 5.41) is 6.80. The molecule has 0 amide bonds. The molecule has 0 spiro atoms. The molecule has 1 N–H and O–H groups in total. The summed E-state index contributed by atoms with van der Waals surface area (Å²) >= 11 is 0. The number of aromatic nitrogens is 2. The molecule has 21 heavy (non-hydrogen) atoms. The SMILES string of the molecule is C=Cc1n[nH]c(P(=O)(OC)OC)c1/C=C/c1ccccc1. The van der Waals surface area contributed by atoms with Crippen molar-refractivity contribution in [3.63, 3.8) is 0 Å². The van der Waals surface area contributed by atoms with Gasteiger partial charge in [0, 0.05) is 19.8 Å². The Kier molecular flexibility index (Phi) is 4.91. The Morgan fingerprint density at radius 2 is 1.86 bits per heavy atom. The second kappa shape index (κ2) is 6.68. The number of H-pyrrole nitrogens is 1. The number of rotatable bonds is 6. The molecule has 2 rings (SSSR count). The van der Waals surface area contributed by atoms with Crippen molar-refractivity contribution >= 4 is 31.3 Å². The Balaban J connectivity index is 2.47. The van der Waals surface area contributed by atoms with E-state index in [1.807, 2.05) is 42.5 Å². The number of benzene rings is 1. The highest BCUT2D eigenvalue weighted by atomic mass is 31.2. The van der Waals surface area contributed by atoms with Crippen molar-refractivity contribution in [1.29, 1.82) is 0 Å². The van der Waals surface area contributed by atoms with Gasteiger partial charge in [0.05, 0.1) is 5.69 Å². The molecule has 5 nitrogen and oxygen atoms in total. The van der Waals surface area contributed by atoms with E-state index < -0.39 is 7.60 Å². The van der Waals surface area contributed by atoms with E-state index >= 15 is 0 Å². The van der Waals surface area contributed by atoms with Gasteiger partial charge in [0.25, 0.3) is 0 Å². The highest BCUT2D eigenvalue weighted by Crippen LogP contribution is 2.46. The fraction of sp³-hybridized carbons (Fsp3) is 0.133. The molecular weight excluding hydrogens is 287 g/mol. The lowest BCUT2D eigenvalue weighted by Gasteiger charge is -2.12. The normalized spacial score (nSPS) is 11.9. The average Bonchev–Trinajstić information content (AvgIpc) is 2.96. The summed E-state index contributed by atoms with van der Waals surface area (Å²) < 4.78 is 22.6. The Morgan fingerprint density at radius 1 is 1.19 bits per heavy atom. The van der Waals surface area contributed by atoms with E-state index in [4.69, 9.17) is 9.05 Å². The maximum atomic E-state index is 12.5. The average molecular weight is 304 g/mol. The van der Waals surface area contributed by atoms with Crippen LogP contribution in [0.2, 0.25) is 0 Å². The van der Waals surface area contributed by atoms with Gasteiger partial charge in [0.1, 0.15) is 0 Å². The molecule has 1 heterocycles. The van der Waals surface area contributed by atoms with Crippen LogP contribution in [-0.4, -0.2) is 24.4 Å². The molecule has 0 atom stereocenters. The van der Waals surface area contributed by atoms with Crippen molar-refractivity contribution in [1.82, 2.24) is 10.2 Å². The fourth-order valence-electron chi connectivity index (χ4n) is 1.88. The highest BCUT2D eigenvalue weighted by Gasteiger charge is 2.30. The van der Waals surface area contributed by atoms with Gasteiger partial charge in [0.2, 0.25) is 0 Å². The van der Waals surface area contributed by atoms with E-state index in [-0.39, 0.29) is 0 Å². The van der Waals surface area contributed by atoms with Crippen LogP contribution in [0.5, 0.6) is 0 Å². The standard InChI is InChI=1S/C15H17N2O3P/c1-4-14-13(11-10-12-8-6-5-7-9-12)15(17-16-14)21(18,19-2)20-3/h4-11H,1H2,2-3H3,(H,16,17)/b11-10+. The molecule has 0 bridgehead atoms. The number of nitrogens with one attached hydrogen (secondary N) is 1. The lowest BCUT2D eigenvalue weighted by atomic mass is 10.1. The zero-order valence-corrected chi connectivity index (χ0v) is 12.8. The van der Waals surface area contributed by atoms with Crippen molar-refractivity contribution in [2.24, 2.45) is 0 Å². The molecule has 0 saturated heterocycles. The predicted octanol–water partition coefficient (Wildman–Crippen LogP) is 3.33. The summed E-state index contributed by atoms with van der Waals surface area (Å²) in [5.41, 5.74) is 2.56. The lowest BCUT2D eigenvalue weighted by Crippen LogP contribution is -2.12. The molecule has 0 unspecified atom stereocenters. The molecule has 2 aromatic rings. The van der Waals surface area contributed by atoms with Gasteiger partial charge in [-0.15, -0.1) is 0 Å². The Morgan fingerprint density at radius 3 is 2.43 bits per heavy atom. The molecule has 0 aliphatic heterocycles. The van der Waals surface area contributed by atoms with Crippen LogP contribution >= 0.6 is 7.60 Å². The first-order valence-electron chi connectivity index (χ1n) is 6.30. The summed E-state index contributed by atoms with van der Waals surface area (Å²) in [6.45, 7) is 3.71. The Hall–Kier alpha value is -1.94. The van der Waals surface area contributed by atoms with Crippen molar-refractivity contribution in [3.05, 3.63) is 53.7 Å². The molecule has 0 aliphatic rings. The van der Waals surface area contributed by atoms with Crippen molar-refractivity contribution in [2.45, 2.75) is 0 Å². The first-order chi connectivity index (χ1) is 10.1. The van der Waals surface area contributed by atoms with E-state index in [1.54, 1.807) is 6.08 Å². The summed E-state index contributed by atoms with van der Waals surface area (Å²) in [4.78, 5) is 0. The third-order valence-corrected chi connectivity index (χ3v) is 4.85. The molecule has 110 valence electrons. The van der Waals surface area contributed by atoms with Crippen molar-refractivity contribution in [2.75, 3.05) is 14.2 Å². The first kappa shape index (κ1) is 15.4. The van der Waals surface area contributed by atoms with Gasteiger partial charge < -0.3 is 9.05 Å². The van der Waals surface area contributed by atoms with Crippen LogP contribution in [0.25, 0.3) is 18.2 Å². The van der Waals surface area contributed by atoms with Crippen LogP contribution in [0.1, 0.15) is 16.8 Å². The molecule has 1 aromatic carbocycles. The van der Waals surface area contributed by atoms with Crippen molar-refractivity contribution < 1.29 is 13.6 Å². The second-order valence-corrected chi connectivity index (χ2v) is 6.35. The van der Waals surface area contributed by atoms with Gasteiger partial charge in [-0.1, -0.05) is 43.0 Å². The molecule has 0 saturated carbocycles. The minimum absolute atomic E-state index is 0.314. The quantitative estimate of drug-likeness (QED) is 0.831. The molecule has 0 fully saturated rings. The minimum Gasteiger partial charge on any atom is -0.308 e. The van der Waals surface area contributed by atoms with E-state index in [9.17, 15) is 4.57 Å². The number of nitrogens with zero attached hydrogens (tertiary/aromatic N) is 1. The summed E-state index contributed by atoms with van der Waals surface area (Å²) in [5.74, 6) is 0. The molecule has 0 radical (unpaired) electrons. The number of hydrogen-bond donors (Lipinski definition) is 1. The first-order valence-corrected chi connectivity index (χ1v) is 7.85. The molecular formula is C15H17N2O3P. The fourth-order valence-corrected chi connectivity index (χ4v) is 3.06. The van der Waals surface area contributed by atoms with Crippen molar-refractivity contribution in [3.8, 4) is 0 Å². The lowest BCUT2D eigenvalue weighted by molar-refractivity contribution is 0.286. The van der Waals surface area contributed by atoms with Gasteiger partial charge in [-0.25, -0.2) is 0 Å². The molecule has 6 heteroatoms. The summed E-state index contributed by atoms with van der Waals surface area (Å²) in [6.07, 6.45) is 5.30. The predicted molar refractivity (Wildman–Crippen MR) is 85.3 cm³/mol. The van der Waals surface area contributed by atoms with Crippen LogP contribution in [0.4, 0.5) is 0 Å². The third-order valence-electron chi connectivity index (χ3n) is 3.00. The highest BCUT2D eigenvalue weighted by molar-refractivity contribution is 7.62. The number of aromatic amines is 1. The van der Waals surface area contributed by atoms with Gasteiger partial charge in [-0.05, 0) is 17.7 Å². The Labute approximate surface area is 123 Å². The zero-order valence-electron chi connectivity index (χ0n) is 11.9. The number of hydrogen-bond acceptors (Lipinski definition) is 4. The van der Waals surface area contributed by atoms with Crippen LogP contribution in [0, 0.1) is 0 Å². The van der Waals surface area contributed by atoms with Crippen LogP contribution in [0.3, 0.4) is 0 Å². The third kappa shape index (κ3) is 3.22. The van der Waals surface area contributed by atoms with Gasteiger partial charge in [-0.2, -0.15) is 5.10 Å². The van der Waals surface area contributed by atoms with E-state index in [1.165, 1.54) is 14.2 Å². The maximum absolute atomic E-state index is 12.5. The molecule has 1 aromatic heterocycles. The topological polar surface area (TPSA) is 64.2 Å². The minimum atomic E-state index is -3.40. The Bertz CT molecular complexity index is 684. The van der Waals surface area contributed by atoms with Crippen LogP contribution in [0.15, 0.2) is 36.9 Å². The summed E-state index contributed by atoms with van der Waals surface area (Å²) in [6, 6.07) is 9.77. The van der Waals surface area contributed by atoms with Gasteiger partial charge in [0.15, 0.2) is 5.44 Å². The van der Waals surface area contributed by atoms with E-state index in [0.29, 0.717) is 16.7 Å². The van der Waals surface area contributed by atoms with Crippen LogP contribution in [-0.2, 0) is 13.6 Å². The van der Waals surface area contributed by atoms with E-state index in [0.717, 1.165) is 5.56 Å². The van der Waals surface area contributed by atoms with Gasteiger partial charge >= 0.3 is 7.60 Å². The zero-order chi connectivity index (χ0) is 15.3. The molecule has 0 aliphatic carbocycles.